The van der Waals surface area contributed by atoms with E-state index < -0.39 is 0 Å². The Morgan fingerprint density at radius 3 is 2.84 bits per heavy atom. The second-order valence-corrected chi connectivity index (χ2v) is 6.49. The molecule has 1 saturated heterocycles. The van der Waals surface area contributed by atoms with E-state index in [1.807, 2.05) is 0 Å². The van der Waals surface area contributed by atoms with Gasteiger partial charge in [0, 0.05) is 22.9 Å². The van der Waals surface area contributed by atoms with Gasteiger partial charge in [-0.15, -0.1) is 0 Å². The molecule has 0 bridgehead atoms. The monoisotopic (exact) mass is 327 g/mol. The Balaban J connectivity index is 2.22. The second-order valence-electron chi connectivity index (χ2n) is 5.57. The van der Waals surface area contributed by atoms with Crippen molar-refractivity contribution in [2.45, 2.75) is 26.7 Å². The fourth-order valence-electron chi connectivity index (χ4n) is 2.79. The van der Waals surface area contributed by atoms with Crippen molar-refractivity contribution in [2.24, 2.45) is 11.3 Å². The summed E-state index contributed by atoms with van der Waals surface area (Å²) in [5, 5.41) is 3.26. The van der Waals surface area contributed by atoms with Gasteiger partial charge in [0.15, 0.2) is 0 Å². The van der Waals surface area contributed by atoms with Gasteiger partial charge in [0.25, 0.3) is 0 Å². The first kappa shape index (κ1) is 14.7. The Kier molecular flexibility index (Phi) is 4.41. The molecule has 1 unspecified atom stereocenters. The Morgan fingerprint density at radius 1 is 1.53 bits per heavy atom. The highest BCUT2D eigenvalue weighted by Crippen LogP contribution is 2.36. The lowest BCUT2D eigenvalue weighted by Crippen LogP contribution is -2.39. The molecule has 1 atom stereocenters. The summed E-state index contributed by atoms with van der Waals surface area (Å²) in [5.41, 5.74) is 0.140. The maximum atomic E-state index is 13.8. The molecule has 1 aromatic carbocycles. The zero-order chi connectivity index (χ0) is 14.0. The van der Waals surface area contributed by atoms with Crippen molar-refractivity contribution >= 4 is 21.7 Å². The molecule has 19 heavy (non-hydrogen) atoms. The number of Topliss-reactive ketones (excluding diaryl/α,β-unsaturated/α-hetero) is 1. The molecule has 1 N–H and O–H groups in total. The van der Waals surface area contributed by atoms with Crippen molar-refractivity contribution in [3.05, 3.63) is 34.1 Å². The zero-order valence-electron chi connectivity index (χ0n) is 11.3. The van der Waals surface area contributed by atoms with Crippen LogP contribution in [0.3, 0.4) is 0 Å². The molecule has 0 aromatic heterocycles. The lowest BCUT2D eigenvalue weighted by atomic mass is 9.71. The first-order valence-electron chi connectivity index (χ1n) is 6.63. The zero-order valence-corrected chi connectivity index (χ0v) is 12.9. The molecule has 0 saturated carbocycles. The van der Waals surface area contributed by atoms with Gasteiger partial charge in [-0.1, -0.05) is 29.8 Å². The van der Waals surface area contributed by atoms with Crippen LogP contribution in [0.2, 0.25) is 0 Å². The smallest absolute Gasteiger partial charge is 0.145 e. The quantitative estimate of drug-likeness (QED) is 0.918. The maximum Gasteiger partial charge on any atom is 0.145 e. The molecule has 2 rings (SSSR count). The van der Waals surface area contributed by atoms with Gasteiger partial charge in [0.2, 0.25) is 0 Å². The molecule has 1 aliphatic rings. The van der Waals surface area contributed by atoms with Crippen LogP contribution in [0.25, 0.3) is 0 Å². The summed E-state index contributed by atoms with van der Waals surface area (Å²) in [4.78, 5) is 12.6. The van der Waals surface area contributed by atoms with Gasteiger partial charge in [-0.25, -0.2) is 4.39 Å². The van der Waals surface area contributed by atoms with Crippen molar-refractivity contribution in [3.63, 3.8) is 0 Å². The molecule has 0 radical (unpaired) electrons. The standard InChI is InChI=1S/C15H19BrFNO/c1-10(2)15(5-6-18-9-15)14(19)8-11-7-12(16)3-4-13(11)17/h3-4,7,10,18H,5-6,8-9H2,1-2H3. The van der Waals surface area contributed by atoms with E-state index >= 15 is 0 Å². The van der Waals surface area contributed by atoms with Gasteiger partial charge in [-0.3, -0.25) is 4.79 Å². The highest BCUT2D eigenvalue weighted by Gasteiger charge is 2.43. The Hall–Kier alpha value is -0.740. The average molecular weight is 328 g/mol. The third-order valence-corrected chi connectivity index (χ3v) is 4.70. The number of hydrogen-bond donors (Lipinski definition) is 1. The summed E-state index contributed by atoms with van der Waals surface area (Å²) in [5.74, 6) is 0.108. The summed E-state index contributed by atoms with van der Waals surface area (Å²) < 4.78 is 14.6. The minimum Gasteiger partial charge on any atom is -0.316 e. The summed E-state index contributed by atoms with van der Waals surface area (Å²) in [6.07, 6.45) is 1.02. The summed E-state index contributed by atoms with van der Waals surface area (Å²) in [6, 6.07) is 4.75. The predicted octanol–water partition coefficient (Wildman–Crippen LogP) is 3.34. The molecule has 1 aromatic rings. The molecule has 2 nitrogen and oxygen atoms in total. The van der Waals surface area contributed by atoms with Crippen molar-refractivity contribution in [2.75, 3.05) is 13.1 Å². The number of carbonyl (C=O) groups excluding carboxylic acids is 1. The minimum absolute atomic E-state index is 0.143. The molecule has 1 aliphatic heterocycles. The number of benzene rings is 1. The molecule has 0 amide bonds. The lowest BCUT2D eigenvalue weighted by molar-refractivity contribution is -0.129. The predicted molar refractivity (Wildman–Crippen MR) is 77.6 cm³/mol. The first-order valence-corrected chi connectivity index (χ1v) is 7.43. The topological polar surface area (TPSA) is 29.1 Å². The molecular formula is C15H19BrFNO. The Bertz CT molecular complexity index is 481. The van der Waals surface area contributed by atoms with Gasteiger partial charge in [-0.05, 0) is 42.6 Å². The maximum absolute atomic E-state index is 13.8. The molecule has 4 heteroatoms. The highest BCUT2D eigenvalue weighted by molar-refractivity contribution is 9.10. The van der Waals surface area contributed by atoms with Crippen LogP contribution in [0.15, 0.2) is 22.7 Å². The van der Waals surface area contributed by atoms with Crippen LogP contribution in [-0.2, 0) is 11.2 Å². The van der Waals surface area contributed by atoms with Crippen LogP contribution in [0.4, 0.5) is 4.39 Å². The fraction of sp³-hybridized carbons (Fsp3) is 0.533. The van der Waals surface area contributed by atoms with Crippen LogP contribution >= 0.6 is 15.9 Å². The number of nitrogens with one attached hydrogen (secondary N) is 1. The number of rotatable bonds is 4. The number of halogens is 2. The van der Waals surface area contributed by atoms with Crippen LogP contribution in [-0.4, -0.2) is 18.9 Å². The van der Waals surface area contributed by atoms with E-state index in [-0.39, 0.29) is 29.4 Å². The van der Waals surface area contributed by atoms with Crippen molar-refractivity contribution in [1.29, 1.82) is 0 Å². The van der Waals surface area contributed by atoms with E-state index in [0.29, 0.717) is 12.1 Å². The molecule has 104 valence electrons. The van der Waals surface area contributed by atoms with E-state index in [9.17, 15) is 9.18 Å². The van der Waals surface area contributed by atoms with E-state index in [2.05, 4.69) is 35.1 Å². The van der Waals surface area contributed by atoms with Gasteiger partial charge in [0.1, 0.15) is 11.6 Å². The summed E-state index contributed by atoms with van der Waals surface area (Å²) in [7, 11) is 0. The third-order valence-electron chi connectivity index (χ3n) is 4.21. The molecular weight excluding hydrogens is 309 g/mol. The van der Waals surface area contributed by atoms with E-state index in [0.717, 1.165) is 17.4 Å². The fourth-order valence-corrected chi connectivity index (χ4v) is 3.20. The first-order chi connectivity index (χ1) is 8.95. The van der Waals surface area contributed by atoms with Crippen LogP contribution in [0.5, 0.6) is 0 Å². The summed E-state index contributed by atoms with van der Waals surface area (Å²) in [6.45, 7) is 5.72. The van der Waals surface area contributed by atoms with Gasteiger partial charge in [-0.2, -0.15) is 0 Å². The van der Waals surface area contributed by atoms with E-state index in [1.165, 1.54) is 6.07 Å². The Labute approximate surface area is 121 Å². The second kappa shape index (κ2) is 5.71. The van der Waals surface area contributed by atoms with E-state index in [4.69, 9.17) is 0 Å². The van der Waals surface area contributed by atoms with Gasteiger partial charge in [0.05, 0.1) is 0 Å². The molecule has 0 spiro atoms. The van der Waals surface area contributed by atoms with Crippen LogP contribution < -0.4 is 5.32 Å². The number of ketones is 1. The van der Waals surface area contributed by atoms with Crippen molar-refractivity contribution in [1.82, 2.24) is 5.32 Å². The SMILES string of the molecule is CC(C)C1(C(=O)Cc2cc(Br)ccc2F)CCNC1. The van der Waals surface area contributed by atoms with Gasteiger partial charge >= 0.3 is 0 Å². The van der Waals surface area contributed by atoms with Crippen molar-refractivity contribution in [3.8, 4) is 0 Å². The van der Waals surface area contributed by atoms with E-state index in [1.54, 1.807) is 12.1 Å². The largest absolute Gasteiger partial charge is 0.316 e. The number of carbonyl (C=O) groups is 1. The number of hydrogen-bond acceptors (Lipinski definition) is 2. The summed E-state index contributed by atoms with van der Waals surface area (Å²) >= 11 is 3.32. The van der Waals surface area contributed by atoms with Crippen molar-refractivity contribution < 1.29 is 9.18 Å². The molecule has 1 heterocycles. The molecule has 1 fully saturated rings. The minimum atomic E-state index is -0.339. The highest BCUT2D eigenvalue weighted by atomic mass is 79.9. The lowest BCUT2D eigenvalue weighted by Gasteiger charge is -2.31. The molecule has 0 aliphatic carbocycles. The third kappa shape index (κ3) is 2.90. The normalized spacial score (nSPS) is 23.0. The Morgan fingerprint density at radius 2 is 2.26 bits per heavy atom. The average Bonchev–Trinajstić information content (AvgIpc) is 2.84. The van der Waals surface area contributed by atoms with Gasteiger partial charge < -0.3 is 5.32 Å². The van der Waals surface area contributed by atoms with Crippen LogP contribution in [0.1, 0.15) is 25.8 Å². The van der Waals surface area contributed by atoms with Crippen LogP contribution in [0, 0.1) is 17.2 Å².